The zero-order chi connectivity index (χ0) is 32.0. The molecule has 0 saturated carbocycles. The average Bonchev–Trinajstić information content (AvgIpc) is 3.29. The second-order valence-corrected chi connectivity index (χ2v) is 11.6. The number of Topliss-reactive ketones (excluding diaryl/α,β-unsaturated/α-hetero) is 1. The van der Waals surface area contributed by atoms with Crippen molar-refractivity contribution in [3.8, 4) is 11.3 Å². The van der Waals surface area contributed by atoms with Crippen molar-refractivity contribution in [3.63, 3.8) is 0 Å². The van der Waals surface area contributed by atoms with Crippen molar-refractivity contribution in [1.29, 1.82) is 0 Å². The molecule has 1 aliphatic carbocycles. The smallest absolute Gasteiger partial charge is 0.339 e. The number of halogens is 1. The lowest BCUT2D eigenvalue weighted by Gasteiger charge is -2.22. The predicted octanol–water partition coefficient (Wildman–Crippen LogP) is 6.51. The Hall–Kier alpha value is -5.22. The fraction of sp³-hybridized carbons (Fsp3) is 0.206. The summed E-state index contributed by atoms with van der Waals surface area (Å²) in [4.78, 5) is 69.0. The van der Waals surface area contributed by atoms with Gasteiger partial charge in [0.15, 0.2) is 6.61 Å². The first-order valence-electron chi connectivity index (χ1n) is 14.2. The maximum absolute atomic E-state index is 13.4. The number of esters is 1. The molecule has 0 spiro atoms. The maximum atomic E-state index is 13.4. The van der Waals surface area contributed by atoms with E-state index in [1.165, 1.54) is 17.0 Å². The number of nitro groups is 1. The van der Waals surface area contributed by atoms with Crippen LogP contribution in [0.2, 0.25) is 5.02 Å². The number of pyridine rings is 1. The summed E-state index contributed by atoms with van der Waals surface area (Å²) in [5, 5.41) is 11.6. The number of allylic oxidation sites excluding steroid dienone is 2. The molecule has 226 valence electrons. The Kier molecular flexibility index (Phi) is 7.76. The van der Waals surface area contributed by atoms with Crippen molar-refractivity contribution in [2.45, 2.75) is 20.3 Å². The van der Waals surface area contributed by atoms with Gasteiger partial charge in [0.25, 0.3) is 5.69 Å². The van der Waals surface area contributed by atoms with Crippen LogP contribution in [0, 0.1) is 34.8 Å². The number of ketones is 1. The first kappa shape index (κ1) is 29.8. The van der Waals surface area contributed by atoms with Gasteiger partial charge in [0.2, 0.25) is 17.6 Å². The van der Waals surface area contributed by atoms with Crippen molar-refractivity contribution in [3.05, 3.63) is 111 Å². The van der Waals surface area contributed by atoms with E-state index in [2.05, 4.69) is 0 Å². The van der Waals surface area contributed by atoms with Gasteiger partial charge < -0.3 is 4.74 Å². The molecule has 3 atom stereocenters. The number of hydrogen-bond acceptors (Lipinski definition) is 8. The molecule has 2 amide bonds. The van der Waals surface area contributed by atoms with E-state index in [0.717, 1.165) is 11.6 Å². The standard InChI is InChI=1S/C34H26ClN3O7/c1-18-5-3-8-24-30(18)33(41)37(32(24)40)22-12-9-20(10-13-22)27-16-25(23-7-4-6-19(2)31(23)36-27)34(42)45-17-29(39)21-11-14-26(35)28(15-21)38(43)44/h3-7,9-16,18,24,30H,8,17H2,1-2H3. The van der Waals surface area contributed by atoms with E-state index >= 15 is 0 Å². The summed E-state index contributed by atoms with van der Waals surface area (Å²) in [5.74, 6) is -2.58. The summed E-state index contributed by atoms with van der Waals surface area (Å²) in [5.41, 5.74) is 2.64. The number of amides is 2. The molecule has 3 aromatic carbocycles. The normalized spacial score (nSPS) is 19.1. The van der Waals surface area contributed by atoms with E-state index in [1.54, 1.807) is 42.5 Å². The van der Waals surface area contributed by atoms with E-state index < -0.39 is 29.0 Å². The van der Waals surface area contributed by atoms with Crippen LogP contribution in [0.15, 0.2) is 78.9 Å². The highest BCUT2D eigenvalue weighted by Gasteiger charge is 2.50. The highest BCUT2D eigenvalue weighted by atomic mass is 35.5. The van der Waals surface area contributed by atoms with Crippen LogP contribution in [0.5, 0.6) is 0 Å². The Morgan fingerprint density at radius 1 is 1.07 bits per heavy atom. The Morgan fingerprint density at radius 2 is 1.82 bits per heavy atom. The van der Waals surface area contributed by atoms with Gasteiger partial charge in [-0.25, -0.2) is 9.78 Å². The average molecular weight is 624 g/mol. The van der Waals surface area contributed by atoms with Gasteiger partial charge in [-0.1, -0.05) is 61.0 Å². The Balaban J connectivity index is 1.27. The molecule has 1 aromatic heterocycles. The highest BCUT2D eigenvalue weighted by molar-refractivity contribution is 6.32. The zero-order valence-corrected chi connectivity index (χ0v) is 25.0. The summed E-state index contributed by atoms with van der Waals surface area (Å²) < 4.78 is 5.37. The fourth-order valence-electron chi connectivity index (χ4n) is 6.01. The predicted molar refractivity (Wildman–Crippen MR) is 167 cm³/mol. The minimum atomic E-state index is -0.777. The molecule has 4 aromatic rings. The number of aryl methyl sites for hydroxylation is 1. The first-order valence-corrected chi connectivity index (χ1v) is 14.6. The number of rotatable bonds is 7. The van der Waals surface area contributed by atoms with Gasteiger partial charge in [0, 0.05) is 22.6 Å². The lowest BCUT2D eigenvalue weighted by atomic mass is 9.78. The number of carbonyl (C=O) groups excluding carboxylic acids is 4. The van der Waals surface area contributed by atoms with Gasteiger partial charge in [0.05, 0.1) is 39.2 Å². The third kappa shape index (κ3) is 5.38. The van der Waals surface area contributed by atoms with E-state index in [9.17, 15) is 29.3 Å². The molecule has 0 N–H and O–H groups in total. The molecule has 1 fully saturated rings. The summed E-state index contributed by atoms with van der Waals surface area (Å²) in [6, 6.07) is 17.4. The quantitative estimate of drug-likeness (QED) is 0.0567. The van der Waals surface area contributed by atoms with E-state index in [-0.39, 0.29) is 45.7 Å². The number of ether oxygens (including phenoxy) is 1. The Bertz CT molecular complexity index is 1950. The van der Waals surface area contributed by atoms with Crippen LogP contribution in [0.1, 0.15) is 39.6 Å². The molecule has 0 radical (unpaired) electrons. The third-order valence-electron chi connectivity index (χ3n) is 8.35. The number of carbonyl (C=O) groups is 4. The van der Waals surface area contributed by atoms with Gasteiger partial charge in [0.1, 0.15) is 5.02 Å². The van der Waals surface area contributed by atoms with Gasteiger partial charge in [-0.2, -0.15) is 0 Å². The van der Waals surface area contributed by atoms with Gasteiger partial charge in [-0.05, 0) is 55.2 Å². The SMILES string of the molecule is Cc1cccc2c(C(=O)OCC(=O)c3ccc(Cl)c([N+](=O)[O-])c3)cc(-c3ccc(N4C(=O)C5CC=CC(C)C5C4=O)cc3)nc12. The molecule has 1 aliphatic heterocycles. The lowest BCUT2D eigenvalue weighted by molar-refractivity contribution is -0.384. The number of aromatic nitrogens is 1. The minimum Gasteiger partial charge on any atom is -0.454 e. The van der Waals surface area contributed by atoms with Crippen LogP contribution in [0.3, 0.4) is 0 Å². The van der Waals surface area contributed by atoms with Crippen LogP contribution >= 0.6 is 11.6 Å². The summed E-state index contributed by atoms with van der Waals surface area (Å²) in [6.45, 7) is 3.15. The van der Waals surface area contributed by atoms with E-state index in [0.29, 0.717) is 34.3 Å². The van der Waals surface area contributed by atoms with Crippen molar-refractivity contribution >= 4 is 57.4 Å². The van der Waals surface area contributed by atoms with Crippen molar-refractivity contribution in [1.82, 2.24) is 4.98 Å². The molecule has 11 heteroatoms. The lowest BCUT2D eigenvalue weighted by Crippen LogP contribution is -2.31. The topological polar surface area (TPSA) is 137 Å². The summed E-state index contributed by atoms with van der Waals surface area (Å²) in [6.07, 6.45) is 4.48. The van der Waals surface area contributed by atoms with Crippen molar-refractivity contribution in [2.24, 2.45) is 17.8 Å². The van der Waals surface area contributed by atoms with Crippen LogP contribution in [0.4, 0.5) is 11.4 Å². The fourth-order valence-corrected chi connectivity index (χ4v) is 6.20. The molecule has 45 heavy (non-hydrogen) atoms. The van der Waals surface area contributed by atoms with Crippen molar-refractivity contribution < 1.29 is 28.8 Å². The number of nitro benzene ring substituents is 1. The third-order valence-corrected chi connectivity index (χ3v) is 8.67. The van der Waals surface area contributed by atoms with E-state index in [1.807, 2.05) is 32.1 Å². The number of benzene rings is 3. The van der Waals surface area contributed by atoms with Crippen LogP contribution in [-0.4, -0.2) is 40.1 Å². The Labute approximate surface area is 262 Å². The minimum absolute atomic E-state index is 0.0185. The maximum Gasteiger partial charge on any atom is 0.339 e. The molecular formula is C34H26ClN3O7. The van der Waals surface area contributed by atoms with Gasteiger partial charge in [-0.3, -0.25) is 29.4 Å². The first-order chi connectivity index (χ1) is 21.5. The molecule has 10 nitrogen and oxygen atoms in total. The molecule has 1 saturated heterocycles. The molecular weight excluding hydrogens is 598 g/mol. The van der Waals surface area contributed by atoms with Crippen LogP contribution in [0.25, 0.3) is 22.2 Å². The number of nitrogens with zero attached hydrogens (tertiary/aromatic N) is 3. The monoisotopic (exact) mass is 623 g/mol. The Morgan fingerprint density at radius 3 is 2.53 bits per heavy atom. The summed E-state index contributed by atoms with van der Waals surface area (Å²) >= 11 is 5.84. The van der Waals surface area contributed by atoms with Crippen LogP contribution in [-0.2, 0) is 14.3 Å². The van der Waals surface area contributed by atoms with Crippen LogP contribution < -0.4 is 4.90 Å². The van der Waals surface area contributed by atoms with Gasteiger partial charge in [-0.15, -0.1) is 0 Å². The van der Waals surface area contributed by atoms with Gasteiger partial charge >= 0.3 is 5.97 Å². The second-order valence-electron chi connectivity index (χ2n) is 11.2. The summed E-state index contributed by atoms with van der Waals surface area (Å²) in [7, 11) is 0. The number of anilines is 1. The molecule has 2 aliphatic rings. The van der Waals surface area contributed by atoms with Crippen molar-refractivity contribution in [2.75, 3.05) is 11.5 Å². The molecule has 6 rings (SSSR count). The van der Waals surface area contributed by atoms with E-state index in [4.69, 9.17) is 21.3 Å². The number of para-hydroxylation sites is 1. The number of fused-ring (bicyclic) bond motifs is 2. The highest BCUT2D eigenvalue weighted by Crippen LogP contribution is 2.41. The zero-order valence-electron chi connectivity index (χ0n) is 24.2. The second kappa shape index (κ2) is 11.7. The number of imide groups is 1. The molecule has 3 unspecified atom stereocenters. The number of hydrogen-bond donors (Lipinski definition) is 0. The molecule has 0 bridgehead atoms. The molecule has 2 heterocycles. The largest absolute Gasteiger partial charge is 0.454 e.